The van der Waals surface area contributed by atoms with Crippen LogP contribution in [0.15, 0.2) is 4.99 Å². The molecule has 6 nitrogen and oxygen atoms in total. The molecule has 2 rings (SSSR count). The fourth-order valence-electron chi connectivity index (χ4n) is 2.54. The van der Waals surface area contributed by atoms with Gasteiger partial charge in [-0.25, -0.2) is 4.79 Å². The van der Waals surface area contributed by atoms with Gasteiger partial charge in [0.25, 0.3) is 5.91 Å². The zero-order chi connectivity index (χ0) is 15.8. The van der Waals surface area contributed by atoms with Crippen molar-refractivity contribution in [2.75, 3.05) is 13.1 Å². The quantitative estimate of drug-likeness (QED) is 0.803. The molecule has 1 saturated heterocycles. The van der Waals surface area contributed by atoms with Crippen LogP contribution in [0.1, 0.15) is 47.5 Å². The minimum absolute atomic E-state index is 0.0324. The summed E-state index contributed by atoms with van der Waals surface area (Å²) in [5.74, 6) is 0.929. The smallest absolute Gasteiger partial charge is 0.410 e. The van der Waals surface area contributed by atoms with Gasteiger partial charge in [0, 0.05) is 19.0 Å². The van der Waals surface area contributed by atoms with Crippen LogP contribution in [-0.4, -0.2) is 47.0 Å². The van der Waals surface area contributed by atoms with Crippen LogP contribution in [0.25, 0.3) is 0 Å². The lowest BCUT2D eigenvalue weighted by molar-refractivity contribution is -0.125. The Morgan fingerprint density at radius 1 is 1.33 bits per heavy atom. The predicted molar refractivity (Wildman–Crippen MR) is 80.2 cm³/mol. The van der Waals surface area contributed by atoms with Crippen LogP contribution in [0.3, 0.4) is 0 Å². The number of likely N-dealkylation sites (tertiary alicyclic amines) is 1. The number of carbonyl (C=O) groups excluding carboxylic acids is 2. The van der Waals surface area contributed by atoms with Gasteiger partial charge >= 0.3 is 6.09 Å². The first-order valence-electron chi connectivity index (χ1n) is 7.52. The van der Waals surface area contributed by atoms with Crippen molar-refractivity contribution < 1.29 is 14.3 Å². The summed E-state index contributed by atoms with van der Waals surface area (Å²) in [6.07, 6.45) is 0.784. The topological polar surface area (TPSA) is 71.0 Å². The highest BCUT2D eigenvalue weighted by Gasteiger charge is 2.47. The molecule has 21 heavy (non-hydrogen) atoms. The van der Waals surface area contributed by atoms with E-state index >= 15 is 0 Å². The predicted octanol–water partition coefficient (Wildman–Crippen LogP) is 1.94. The molecular weight excluding hydrogens is 270 g/mol. The molecule has 0 aromatic heterocycles. The zero-order valence-electron chi connectivity index (χ0n) is 13.5. The monoisotopic (exact) mass is 295 g/mol. The van der Waals surface area contributed by atoms with E-state index < -0.39 is 11.1 Å². The average Bonchev–Trinajstić information content (AvgIpc) is 2.66. The first-order chi connectivity index (χ1) is 9.63. The van der Waals surface area contributed by atoms with E-state index in [0.717, 1.165) is 5.84 Å². The van der Waals surface area contributed by atoms with E-state index in [4.69, 9.17) is 4.74 Å². The van der Waals surface area contributed by atoms with Gasteiger partial charge in [0.05, 0.1) is 0 Å². The summed E-state index contributed by atoms with van der Waals surface area (Å²) in [6.45, 7) is 10.6. The third kappa shape index (κ3) is 3.36. The maximum absolute atomic E-state index is 12.2. The molecule has 1 spiro atoms. The molecule has 2 heterocycles. The number of nitrogens with zero attached hydrogens (tertiary/aromatic N) is 2. The van der Waals surface area contributed by atoms with Crippen LogP contribution in [-0.2, 0) is 9.53 Å². The lowest BCUT2D eigenvalue weighted by Gasteiger charge is -2.36. The Morgan fingerprint density at radius 3 is 2.33 bits per heavy atom. The van der Waals surface area contributed by atoms with Gasteiger partial charge < -0.3 is 15.0 Å². The Balaban J connectivity index is 2.00. The van der Waals surface area contributed by atoms with Crippen LogP contribution in [0.5, 0.6) is 0 Å². The molecule has 0 radical (unpaired) electrons. The lowest BCUT2D eigenvalue weighted by atomic mass is 9.88. The summed E-state index contributed by atoms with van der Waals surface area (Å²) < 4.78 is 5.37. The third-order valence-electron chi connectivity index (χ3n) is 3.79. The van der Waals surface area contributed by atoms with Gasteiger partial charge in [0.1, 0.15) is 17.0 Å². The van der Waals surface area contributed by atoms with Crippen molar-refractivity contribution in [2.24, 2.45) is 10.9 Å². The fraction of sp³-hybridized carbons (Fsp3) is 0.800. The number of nitrogens with one attached hydrogen (secondary N) is 1. The fourth-order valence-corrected chi connectivity index (χ4v) is 2.54. The van der Waals surface area contributed by atoms with Gasteiger partial charge in [-0.1, -0.05) is 13.8 Å². The molecule has 2 amide bonds. The summed E-state index contributed by atoms with van der Waals surface area (Å²) in [6, 6.07) is 0. The molecule has 0 aromatic rings. The lowest BCUT2D eigenvalue weighted by Crippen LogP contribution is -2.51. The van der Waals surface area contributed by atoms with E-state index in [-0.39, 0.29) is 17.9 Å². The van der Waals surface area contributed by atoms with Gasteiger partial charge in [-0.2, -0.15) is 0 Å². The summed E-state index contributed by atoms with van der Waals surface area (Å²) in [5, 5.41) is 2.87. The second kappa shape index (κ2) is 5.31. The molecule has 0 bridgehead atoms. The van der Waals surface area contributed by atoms with E-state index in [1.807, 2.05) is 34.6 Å². The number of hydrogen-bond donors (Lipinski definition) is 1. The summed E-state index contributed by atoms with van der Waals surface area (Å²) in [7, 11) is 0. The number of hydrogen-bond acceptors (Lipinski definition) is 4. The summed E-state index contributed by atoms with van der Waals surface area (Å²) in [5.41, 5.74) is -1.18. The second-order valence-electron chi connectivity index (χ2n) is 7.10. The first kappa shape index (κ1) is 15.8. The van der Waals surface area contributed by atoms with Crippen LogP contribution >= 0.6 is 0 Å². The zero-order valence-corrected chi connectivity index (χ0v) is 13.5. The standard InChI is InChI=1S/C15H25N3O3/c1-10(2)11-16-12(19)15(17-11)6-8-18(9-7-15)13(20)21-14(3,4)5/h10H,6-9H2,1-5H3,(H,16,17,19). The summed E-state index contributed by atoms with van der Waals surface area (Å²) in [4.78, 5) is 30.5. The van der Waals surface area contributed by atoms with Gasteiger partial charge in [0.15, 0.2) is 0 Å². The highest BCUT2D eigenvalue weighted by atomic mass is 16.6. The minimum Gasteiger partial charge on any atom is -0.444 e. The minimum atomic E-state index is -0.682. The first-order valence-corrected chi connectivity index (χ1v) is 7.52. The number of ether oxygens (including phenoxy) is 1. The Kier molecular flexibility index (Phi) is 4.00. The van der Waals surface area contributed by atoms with E-state index in [1.165, 1.54) is 0 Å². The number of carbonyl (C=O) groups is 2. The highest BCUT2D eigenvalue weighted by Crippen LogP contribution is 2.31. The van der Waals surface area contributed by atoms with E-state index in [0.29, 0.717) is 25.9 Å². The maximum Gasteiger partial charge on any atom is 0.410 e. The van der Waals surface area contributed by atoms with Crippen molar-refractivity contribution in [2.45, 2.75) is 58.6 Å². The Morgan fingerprint density at radius 2 is 1.90 bits per heavy atom. The van der Waals surface area contributed by atoms with Crippen LogP contribution < -0.4 is 5.32 Å². The Labute approximate surface area is 125 Å². The largest absolute Gasteiger partial charge is 0.444 e. The number of piperidine rings is 1. The van der Waals surface area contributed by atoms with Crippen LogP contribution in [0.4, 0.5) is 4.79 Å². The summed E-state index contributed by atoms with van der Waals surface area (Å²) >= 11 is 0. The van der Waals surface area contributed by atoms with Crippen molar-refractivity contribution >= 4 is 17.8 Å². The number of amidine groups is 1. The molecule has 118 valence electrons. The number of rotatable bonds is 1. The maximum atomic E-state index is 12.2. The van der Waals surface area contributed by atoms with E-state index in [9.17, 15) is 9.59 Å². The van der Waals surface area contributed by atoms with Gasteiger partial charge in [-0.05, 0) is 33.6 Å². The molecule has 1 fully saturated rings. The molecule has 0 saturated carbocycles. The Hall–Kier alpha value is -1.59. The molecular formula is C15H25N3O3. The SMILES string of the molecule is CC(C)C1=NC2(CCN(C(=O)OC(C)(C)C)CC2)C(=O)N1. The number of amides is 2. The van der Waals surface area contributed by atoms with E-state index in [1.54, 1.807) is 4.90 Å². The number of aliphatic imine (C=N–C) groups is 1. The van der Waals surface area contributed by atoms with Crippen LogP contribution in [0.2, 0.25) is 0 Å². The van der Waals surface area contributed by atoms with Crippen molar-refractivity contribution in [3.63, 3.8) is 0 Å². The van der Waals surface area contributed by atoms with Gasteiger partial charge in [0.2, 0.25) is 0 Å². The molecule has 0 aromatic carbocycles. The molecule has 6 heteroatoms. The Bertz CT molecular complexity index is 469. The molecule has 1 N–H and O–H groups in total. The highest BCUT2D eigenvalue weighted by molar-refractivity contribution is 6.09. The normalized spacial score (nSPS) is 21.5. The molecule has 2 aliphatic rings. The molecule has 0 unspecified atom stereocenters. The van der Waals surface area contributed by atoms with Gasteiger partial charge in [-0.3, -0.25) is 9.79 Å². The molecule has 0 atom stereocenters. The average molecular weight is 295 g/mol. The van der Waals surface area contributed by atoms with Crippen molar-refractivity contribution in [1.82, 2.24) is 10.2 Å². The molecule has 0 aliphatic carbocycles. The van der Waals surface area contributed by atoms with Crippen LogP contribution in [0, 0.1) is 5.92 Å². The van der Waals surface area contributed by atoms with Crippen molar-refractivity contribution in [3.05, 3.63) is 0 Å². The van der Waals surface area contributed by atoms with Crippen molar-refractivity contribution in [1.29, 1.82) is 0 Å². The third-order valence-corrected chi connectivity index (χ3v) is 3.79. The second-order valence-corrected chi connectivity index (χ2v) is 7.10. The van der Waals surface area contributed by atoms with Gasteiger partial charge in [-0.15, -0.1) is 0 Å². The molecule has 2 aliphatic heterocycles. The van der Waals surface area contributed by atoms with Crippen molar-refractivity contribution in [3.8, 4) is 0 Å². The van der Waals surface area contributed by atoms with E-state index in [2.05, 4.69) is 10.3 Å².